The maximum Gasteiger partial charge on any atom is 0.270 e. The van der Waals surface area contributed by atoms with Crippen LogP contribution in [0.25, 0.3) is 5.69 Å². The Morgan fingerprint density at radius 2 is 2.27 bits per heavy atom. The van der Waals surface area contributed by atoms with Crippen molar-refractivity contribution in [2.24, 2.45) is 0 Å². The molecule has 2 rings (SSSR count). The summed E-state index contributed by atoms with van der Waals surface area (Å²) in [6.45, 7) is 0. The maximum atomic E-state index is 10.5. The summed E-state index contributed by atoms with van der Waals surface area (Å²) in [5, 5.41) is 10.5. The lowest BCUT2D eigenvalue weighted by atomic mass is 10.3. The summed E-state index contributed by atoms with van der Waals surface area (Å²) in [5.41, 5.74) is 0.879. The molecule has 76 valence electrons. The van der Waals surface area contributed by atoms with Gasteiger partial charge in [-0.25, -0.2) is 4.98 Å². The van der Waals surface area contributed by atoms with Gasteiger partial charge < -0.3 is 4.57 Å². The lowest BCUT2D eigenvalue weighted by Crippen LogP contribution is -1.93. The number of nitro groups is 1. The molecule has 5 nitrogen and oxygen atoms in total. The number of hydrogen-bond donors (Lipinski definition) is 0. The number of benzene rings is 1. The Morgan fingerprint density at radius 3 is 2.80 bits per heavy atom. The van der Waals surface area contributed by atoms with E-state index in [2.05, 4.69) is 20.9 Å². The molecule has 6 heteroatoms. The molecule has 0 saturated heterocycles. The molecule has 0 bridgehead atoms. The van der Waals surface area contributed by atoms with Gasteiger partial charge in [0.25, 0.3) is 5.69 Å². The summed E-state index contributed by atoms with van der Waals surface area (Å²) in [6.07, 6.45) is 5.05. The zero-order valence-electron chi connectivity index (χ0n) is 7.50. The molecule has 0 atom stereocenters. The highest BCUT2D eigenvalue weighted by Crippen LogP contribution is 2.25. The van der Waals surface area contributed by atoms with Crippen molar-refractivity contribution >= 4 is 21.6 Å². The van der Waals surface area contributed by atoms with Crippen LogP contribution in [0.5, 0.6) is 0 Å². The smallest absolute Gasteiger partial charge is 0.270 e. The normalized spacial score (nSPS) is 10.2. The number of nitrogens with zero attached hydrogens (tertiary/aromatic N) is 3. The first-order chi connectivity index (χ1) is 7.18. The Bertz CT molecular complexity index is 496. The second-order valence-corrected chi connectivity index (χ2v) is 3.72. The second-order valence-electron chi connectivity index (χ2n) is 2.86. The van der Waals surface area contributed by atoms with E-state index in [-0.39, 0.29) is 5.69 Å². The van der Waals surface area contributed by atoms with E-state index in [0.717, 1.165) is 5.69 Å². The first-order valence-corrected chi connectivity index (χ1v) is 4.90. The topological polar surface area (TPSA) is 61.0 Å². The van der Waals surface area contributed by atoms with Crippen molar-refractivity contribution in [1.82, 2.24) is 9.55 Å². The Kier molecular flexibility index (Phi) is 2.51. The lowest BCUT2D eigenvalue weighted by Gasteiger charge is -2.04. The van der Waals surface area contributed by atoms with Gasteiger partial charge in [-0.3, -0.25) is 10.1 Å². The van der Waals surface area contributed by atoms with Crippen molar-refractivity contribution < 1.29 is 4.92 Å². The fourth-order valence-electron chi connectivity index (χ4n) is 1.22. The van der Waals surface area contributed by atoms with Crippen LogP contribution in [0, 0.1) is 10.1 Å². The molecule has 0 radical (unpaired) electrons. The standard InChI is InChI=1S/C9H6BrN3O2/c10-8-5-7(13(14)15)1-2-9(8)12-4-3-11-6-12/h1-6H. The van der Waals surface area contributed by atoms with E-state index in [1.807, 2.05) is 0 Å². The fraction of sp³-hybridized carbons (Fsp3) is 0. The van der Waals surface area contributed by atoms with Gasteiger partial charge >= 0.3 is 0 Å². The largest absolute Gasteiger partial charge is 0.305 e. The Balaban J connectivity index is 2.48. The van der Waals surface area contributed by atoms with Crippen LogP contribution in [-0.2, 0) is 0 Å². The monoisotopic (exact) mass is 267 g/mol. The van der Waals surface area contributed by atoms with E-state index in [4.69, 9.17) is 0 Å². The highest BCUT2D eigenvalue weighted by Gasteiger charge is 2.09. The number of imidazole rings is 1. The number of aromatic nitrogens is 2. The summed E-state index contributed by atoms with van der Waals surface area (Å²) in [4.78, 5) is 14.0. The van der Waals surface area contributed by atoms with Crippen molar-refractivity contribution in [2.75, 3.05) is 0 Å². The Hall–Kier alpha value is -1.69. The lowest BCUT2D eigenvalue weighted by molar-refractivity contribution is -0.384. The number of rotatable bonds is 2. The van der Waals surface area contributed by atoms with Crippen LogP contribution in [0.1, 0.15) is 0 Å². The van der Waals surface area contributed by atoms with Gasteiger partial charge in [-0.1, -0.05) is 0 Å². The predicted octanol–water partition coefficient (Wildman–Crippen LogP) is 2.54. The van der Waals surface area contributed by atoms with Gasteiger partial charge in [0.1, 0.15) is 0 Å². The van der Waals surface area contributed by atoms with Crippen molar-refractivity contribution in [3.63, 3.8) is 0 Å². The number of non-ortho nitro benzene ring substituents is 1. The zero-order valence-corrected chi connectivity index (χ0v) is 9.09. The number of nitro benzene ring substituents is 1. The molecular weight excluding hydrogens is 262 g/mol. The van der Waals surface area contributed by atoms with Gasteiger partial charge in [0.2, 0.25) is 0 Å². The maximum absolute atomic E-state index is 10.5. The van der Waals surface area contributed by atoms with E-state index >= 15 is 0 Å². The Labute approximate surface area is 93.6 Å². The van der Waals surface area contributed by atoms with Crippen LogP contribution in [0.15, 0.2) is 41.4 Å². The van der Waals surface area contributed by atoms with Gasteiger partial charge in [0.05, 0.1) is 16.9 Å². The third-order valence-corrected chi connectivity index (χ3v) is 2.56. The van der Waals surface area contributed by atoms with Crippen molar-refractivity contribution in [2.45, 2.75) is 0 Å². The van der Waals surface area contributed by atoms with E-state index in [9.17, 15) is 10.1 Å². The van der Waals surface area contributed by atoms with Crippen LogP contribution >= 0.6 is 15.9 Å². The minimum Gasteiger partial charge on any atom is -0.305 e. The zero-order chi connectivity index (χ0) is 10.8. The first-order valence-electron chi connectivity index (χ1n) is 4.11. The van der Waals surface area contributed by atoms with Gasteiger partial charge in [0.15, 0.2) is 0 Å². The molecule has 0 aliphatic heterocycles. The van der Waals surface area contributed by atoms with E-state index in [1.54, 1.807) is 29.4 Å². The molecule has 0 aliphatic rings. The summed E-state index contributed by atoms with van der Waals surface area (Å²) in [5.74, 6) is 0. The molecule has 0 aliphatic carbocycles. The summed E-state index contributed by atoms with van der Waals surface area (Å²) < 4.78 is 2.43. The van der Waals surface area contributed by atoms with Crippen LogP contribution in [0.3, 0.4) is 0 Å². The fourth-order valence-corrected chi connectivity index (χ4v) is 1.79. The van der Waals surface area contributed by atoms with Crippen LogP contribution in [0.4, 0.5) is 5.69 Å². The minimum absolute atomic E-state index is 0.0609. The molecule has 0 saturated carbocycles. The number of halogens is 1. The Morgan fingerprint density at radius 1 is 1.47 bits per heavy atom. The molecule has 15 heavy (non-hydrogen) atoms. The van der Waals surface area contributed by atoms with E-state index < -0.39 is 4.92 Å². The van der Waals surface area contributed by atoms with Crippen molar-refractivity contribution in [3.05, 3.63) is 51.5 Å². The SMILES string of the molecule is O=[N+]([O-])c1ccc(-n2ccnc2)c(Br)c1. The van der Waals surface area contributed by atoms with Gasteiger partial charge in [-0.05, 0) is 22.0 Å². The molecule has 0 unspecified atom stereocenters. The first kappa shape index (κ1) is 9.85. The molecule has 1 aromatic carbocycles. The van der Waals surface area contributed by atoms with E-state index in [1.165, 1.54) is 12.1 Å². The molecule has 1 aromatic heterocycles. The van der Waals surface area contributed by atoms with Gasteiger partial charge in [-0.2, -0.15) is 0 Å². The molecule has 1 heterocycles. The minimum atomic E-state index is -0.428. The highest BCUT2D eigenvalue weighted by atomic mass is 79.9. The van der Waals surface area contributed by atoms with Crippen molar-refractivity contribution in [1.29, 1.82) is 0 Å². The summed E-state index contributed by atoms with van der Waals surface area (Å²) >= 11 is 3.28. The summed E-state index contributed by atoms with van der Waals surface area (Å²) in [7, 11) is 0. The quantitative estimate of drug-likeness (QED) is 0.621. The third-order valence-electron chi connectivity index (χ3n) is 1.92. The van der Waals surface area contributed by atoms with Gasteiger partial charge in [-0.15, -0.1) is 0 Å². The van der Waals surface area contributed by atoms with Crippen molar-refractivity contribution in [3.8, 4) is 5.69 Å². The third kappa shape index (κ3) is 1.89. The second kappa shape index (κ2) is 3.82. The van der Waals surface area contributed by atoms with Crippen LogP contribution in [-0.4, -0.2) is 14.5 Å². The average molecular weight is 268 g/mol. The predicted molar refractivity (Wildman–Crippen MR) is 57.9 cm³/mol. The average Bonchev–Trinajstić information content (AvgIpc) is 2.70. The molecule has 0 spiro atoms. The molecule has 0 amide bonds. The molecule has 0 fully saturated rings. The highest BCUT2D eigenvalue weighted by molar-refractivity contribution is 9.10. The van der Waals surface area contributed by atoms with Gasteiger partial charge in [0, 0.05) is 29.0 Å². The summed E-state index contributed by atoms with van der Waals surface area (Å²) in [6, 6.07) is 4.60. The molecular formula is C9H6BrN3O2. The van der Waals surface area contributed by atoms with Crippen LogP contribution < -0.4 is 0 Å². The molecule has 0 N–H and O–H groups in total. The van der Waals surface area contributed by atoms with Crippen LogP contribution in [0.2, 0.25) is 0 Å². The van der Waals surface area contributed by atoms with E-state index in [0.29, 0.717) is 4.47 Å². The molecule has 2 aromatic rings. The number of hydrogen-bond acceptors (Lipinski definition) is 3.